The van der Waals surface area contributed by atoms with Gasteiger partial charge in [-0.1, -0.05) is 44.9 Å². The number of benzene rings is 1. The van der Waals surface area contributed by atoms with Gasteiger partial charge in [0.2, 0.25) is 0 Å². The largest absolute Gasteiger partial charge is 0.321 e. The normalized spacial score (nSPS) is 19.6. The number of nitrogens with zero attached hydrogens (tertiary/aromatic N) is 4. The maximum absolute atomic E-state index is 13.9. The Kier molecular flexibility index (Phi) is 8.77. The van der Waals surface area contributed by atoms with E-state index in [1.165, 1.54) is 36.0 Å². The topological polar surface area (TPSA) is 61.4 Å². The lowest BCUT2D eigenvalue weighted by Gasteiger charge is -2.33. The molecule has 1 aliphatic carbocycles. The molecule has 210 valence electrons. The van der Waals surface area contributed by atoms with E-state index in [1.807, 2.05) is 38.6 Å². The van der Waals surface area contributed by atoms with Crippen LogP contribution in [0.3, 0.4) is 0 Å². The monoisotopic (exact) mass is 537 g/mol. The molecular formula is C34H43N5O. The molecule has 2 atom stereocenters. The Morgan fingerprint density at radius 3 is 2.48 bits per heavy atom. The molecule has 1 fully saturated rings. The van der Waals surface area contributed by atoms with Crippen LogP contribution in [0.2, 0.25) is 0 Å². The van der Waals surface area contributed by atoms with Gasteiger partial charge in [0.25, 0.3) is 5.91 Å². The van der Waals surface area contributed by atoms with Crippen LogP contribution in [0.25, 0.3) is 16.7 Å². The minimum absolute atomic E-state index is 0.0619. The van der Waals surface area contributed by atoms with Gasteiger partial charge in [-0.2, -0.15) is 0 Å². The first kappa shape index (κ1) is 28.2. The summed E-state index contributed by atoms with van der Waals surface area (Å²) in [7, 11) is 4.04. The highest BCUT2D eigenvalue weighted by molar-refractivity contribution is 6.27. The van der Waals surface area contributed by atoms with Gasteiger partial charge < -0.3 is 10.2 Å². The molecule has 6 nitrogen and oxygen atoms in total. The Morgan fingerprint density at radius 2 is 1.77 bits per heavy atom. The molecule has 0 bridgehead atoms. The van der Waals surface area contributed by atoms with E-state index >= 15 is 0 Å². The summed E-state index contributed by atoms with van der Waals surface area (Å²) in [4.78, 5) is 27.7. The SMILES string of the molecule is CCC1=C(C(=O)Nc2ccc(CN(C)C)nc2)c2cc(-c3cncc(CN4CCCCC4)c3)ccc2C(C)C1C. The fourth-order valence-corrected chi connectivity index (χ4v) is 6.31. The Balaban J connectivity index is 1.46. The smallest absolute Gasteiger partial charge is 0.256 e. The molecule has 3 heterocycles. The highest BCUT2D eigenvalue weighted by Crippen LogP contribution is 2.45. The average Bonchev–Trinajstić information content (AvgIpc) is 2.96. The van der Waals surface area contributed by atoms with Crippen LogP contribution in [0.5, 0.6) is 0 Å². The van der Waals surface area contributed by atoms with Crippen molar-refractivity contribution in [1.29, 1.82) is 0 Å². The van der Waals surface area contributed by atoms with E-state index in [4.69, 9.17) is 0 Å². The number of pyridine rings is 2. The number of aromatic nitrogens is 2. The molecule has 0 radical (unpaired) electrons. The lowest BCUT2D eigenvalue weighted by molar-refractivity contribution is -0.111. The number of fused-ring (bicyclic) bond motifs is 1. The summed E-state index contributed by atoms with van der Waals surface area (Å²) in [6, 6.07) is 12.8. The number of nitrogens with one attached hydrogen (secondary N) is 1. The molecule has 2 aromatic heterocycles. The third-order valence-electron chi connectivity index (χ3n) is 8.59. The summed E-state index contributed by atoms with van der Waals surface area (Å²) in [5.41, 5.74) is 9.42. The average molecular weight is 538 g/mol. The lowest BCUT2D eigenvalue weighted by atomic mass is 9.71. The fourth-order valence-electron chi connectivity index (χ4n) is 6.31. The lowest BCUT2D eigenvalue weighted by Crippen LogP contribution is -2.29. The Hall–Kier alpha value is -3.35. The number of piperidine rings is 1. The van der Waals surface area contributed by atoms with E-state index < -0.39 is 0 Å². The number of anilines is 1. The number of rotatable bonds is 8. The van der Waals surface area contributed by atoms with Crippen molar-refractivity contribution in [2.45, 2.75) is 65.5 Å². The first-order valence-electron chi connectivity index (χ1n) is 14.8. The van der Waals surface area contributed by atoms with Gasteiger partial charge in [-0.15, -0.1) is 0 Å². The second-order valence-corrected chi connectivity index (χ2v) is 11.8. The summed E-state index contributed by atoms with van der Waals surface area (Å²) in [6.45, 7) is 10.7. The van der Waals surface area contributed by atoms with Gasteiger partial charge >= 0.3 is 0 Å². The highest BCUT2D eigenvalue weighted by atomic mass is 16.1. The third kappa shape index (κ3) is 6.18. The molecule has 1 aliphatic heterocycles. The van der Waals surface area contributed by atoms with E-state index in [-0.39, 0.29) is 5.91 Å². The molecule has 1 aromatic carbocycles. The predicted octanol–water partition coefficient (Wildman–Crippen LogP) is 6.75. The van der Waals surface area contributed by atoms with Crippen LogP contribution >= 0.6 is 0 Å². The summed E-state index contributed by atoms with van der Waals surface area (Å²) in [5, 5.41) is 3.16. The first-order chi connectivity index (χ1) is 19.3. The fraction of sp³-hybridized carbons (Fsp3) is 0.441. The highest BCUT2D eigenvalue weighted by Gasteiger charge is 2.32. The van der Waals surface area contributed by atoms with Crippen molar-refractivity contribution in [3.8, 4) is 11.1 Å². The quantitative estimate of drug-likeness (QED) is 0.345. The molecule has 5 rings (SSSR count). The van der Waals surface area contributed by atoms with Gasteiger partial charge in [-0.25, -0.2) is 0 Å². The van der Waals surface area contributed by atoms with Crippen LogP contribution in [0, 0.1) is 5.92 Å². The minimum atomic E-state index is -0.0619. The molecule has 6 heteroatoms. The van der Waals surface area contributed by atoms with Crippen molar-refractivity contribution in [2.24, 2.45) is 5.92 Å². The number of hydrogen-bond acceptors (Lipinski definition) is 5. The number of amides is 1. The van der Waals surface area contributed by atoms with Crippen LogP contribution in [0.4, 0.5) is 5.69 Å². The van der Waals surface area contributed by atoms with Crippen molar-refractivity contribution in [2.75, 3.05) is 32.5 Å². The van der Waals surface area contributed by atoms with E-state index in [1.54, 1.807) is 6.20 Å². The second kappa shape index (κ2) is 12.4. The molecule has 40 heavy (non-hydrogen) atoms. The number of carbonyl (C=O) groups excluding carboxylic acids is 1. The van der Waals surface area contributed by atoms with Crippen molar-refractivity contribution in [1.82, 2.24) is 19.8 Å². The van der Waals surface area contributed by atoms with E-state index in [0.29, 0.717) is 17.5 Å². The molecule has 3 aromatic rings. The van der Waals surface area contributed by atoms with Crippen molar-refractivity contribution < 1.29 is 4.79 Å². The van der Waals surface area contributed by atoms with Gasteiger partial charge in [0.1, 0.15) is 0 Å². The predicted molar refractivity (Wildman–Crippen MR) is 164 cm³/mol. The zero-order valence-electron chi connectivity index (χ0n) is 24.7. The Labute approximate surface area is 239 Å². The van der Waals surface area contributed by atoms with E-state index in [2.05, 4.69) is 70.1 Å². The van der Waals surface area contributed by atoms with Crippen LogP contribution < -0.4 is 5.32 Å². The summed E-state index contributed by atoms with van der Waals surface area (Å²) in [6.07, 6.45) is 10.4. The zero-order chi connectivity index (χ0) is 28.2. The van der Waals surface area contributed by atoms with Gasteiger partial charge in [0.05, 0.1) is 17.6 Å². The zero-order valence-corrected chi connectivity index (χ0v) is 24.7. The molecule has 0 saturated carbocycles. The third-order valence-corrected chi connectivity index (χ3v) is 8.59. The summed E-state index contributed by atoms with van der Waals surface area (Å²) >= 11 is 0. The number of allylic oxidation sites excluding steroid dienone is 1. The standard InChI is InChI=1S/C34H43N5O/c1-6-30-23(2)24(3)31-13-10-26(27-16-25(18-35-19-27)21-39-14-8-7-9-15-39)17-32(31)33(30)34(40)37-28-11-12-29(36-20-28)22-38(4)5/h10-13,16-20,23-24H,6-9,14-15,21-22H2,1-5H3,(H,37,40). The Morgan fingerprint density at radius 1 is 0.975 bits per heavy atom. The van der Waals surface area contributed by atoms with Crippen molar-refractivity contribution in [3.05, 3.63) is 82.9 Å². The molecule has 2 aliphatic rings. The van der Waals surface area contributed by atoms with E-state index in [0.717, 1.165) is 60.6 Å². The van der Waals surface area contributed by atoms with Crippen LogP contribution in [0.1, 0.15) is 74.8 Å². The number of likely N-dealkylation sites (tertiary alicyclic amines) is 1. The van der Waals surface area contributed by atoms with Crippen molar-refractivity contribution >= 4 is 17.2 Å². The number of hydrogen-bond donors (Lipinski definition) is 1. The molecular weight excluding hydrogens is 494 g/mol. The second-order valence-electron chi connectivity index (χ2n) is 11.8. The van der Waals surface area contributed by atoms with E-state index in [9.17, 15) is 4.79 Å². The maximum Gasteiger partial charge on any atom is 0.256 e. The molecule has 1 amide bonds. The Bertz CT molecular complexity index is 1370. The van der Waals surface area contributed by atoms with Crippen molar-refractivity contribution in [3.63, 3.8) is 0 Å². The molecule has 2 unspecified atom stereocenters. The molecule has 1 saturated heterocycles. The number of carbonyl (C=O) groups is 1. The minimum Gasteiger partial charge on any atom is -0.321 e. The maximum atomic E-state index is 13.9. The summed E-state index contributed by atoms with van der Waals surface area (Å²) < 4.78 is 0. The van der Waals surface area contributed by atoms with Crippen LogP contribution in [0.15, 0.2) is 60.6 Å². The molecule has 0 spiro atoms. The van der Waals surface area contributed by atoms with Gasteiger partial charge in [-0.05, 0) is 105 Å². The molecule has 1 N–H and O–H groups in total. The first-order valence-corrected chi connectivity index (χ1v) is 14.8. The summed E-state index contributed by atoms with van der Waals surface area (Å²) in [5.74, 6) is 0.568. The van der Waals surface area contributed by atoms with Gasteiger partial charge in [0, 0.05) is 36.6 Å². The van der Waals surface area contributed by atoms with Gasteiger partial charge in [0.15, 0.2) is 0 Å². The van der Waals surface area contributed by atoms with Crippen LogP contribution in [-0.4, -0.2) is 52.9 Å². The van der Waals surface area contributed by atoms with Gasteiger partial charge in [-0.3, -0.25) is 19.7 Å². The van der Waals surface area contributed by atoms with Crippen LogP contribution in [-0.2, 0) is 17.9 Å².